The molecule has 9 heavy (non-hydrogen) atoms. The molecule has 0 aromatic heterocycles. The van der Waals surface area contributed by atoms with Crippen LogP contribution in [0.3, 0.4) is 0 Å². The van der Waals surface area contributed by atoms with Gasteiger partial charge in [0.05, 0.1) is 0 Å². The van der Waals surface area contributed by atoms with Gasteiger partial charge >= 0.3 is 0 Å². The van der Waals surface area contributed by atoms with Gasteiger partial charge in [-0.05, 0) is 20.4 Å². The van der Waals surface area contributed by atoms with Crippen molar-refractivity contribution in [1.29, 1.82) is 0 Å². The Labute approximate surface area is 56.6 Å². The monoisotopic (exact) mass is 126 g/mol. The van der Waals surface area contributed by atoms with Crippen LogP contribution in [-0.4, -0.2) is 30.4 Å². The van der Waals surface area contributed by atoms with Crippen LogP contribution in [0.2, 0.25) is 0 Å². The van der Waals surface area contributed by atoms with Crippen LogP contribution in [0.5, 0.6) is 0 Å². The Morgan fingerprint density at radius 1 is 1.78 bits per heavy atom. The smallest absolute Gasteiger partial charge is 0.109 e. The number of hydrogen-bond donors (Lipinski definition) is 0. The minimum Gasteiger partial charge on any atom is -0.278 e. The van der Waals surface area contributed by atoms with Gasteiger partial charge in [-0.15, -0.1) is 0 Å². The Balaban J connectivity index is 2.66. The van der Waals surface area contributed by atoms with Crippen molar-refractivity contribution in [2.45, 2.75) is 25.9 Å². The molecular weight excluding hydrogens is 112 g/mol. The minimum atomic E-state index is 0.0972. The van der Waals surface area contributed by atoms with Gasteiger partial charge in [-0.2, -0.15) is 0 Å². The zero-order chi connectivity index (χ0) is 6.91. The van der Waals surface area contributed by atoms with Gasteiger partial charge < -0.3 is 0 Å². The van der Waals surface area contributed by atoms with E-state index in [1.54, 1.807) is 0 Å². The van der Waals surface area contributed by atoms with E-state index in [4.69, 9.17) is 0 Å². The first kappa shape index (κ1) is 6.75. The Kier molecular flexibility index (Phi) is 1.58. The predicted molar refractivity (Wildman–Crippen MR) is 39.8 cm³/mol. The Hall–Kier alpha value is -0.370. The summed E-state index contributed by atoms with van der Waals surface area (Å²) in [6, 6.07) is 0. The van der Waals surface area contributed by atoms with Gasteiger partial charge in [0.15, 0.2) is 0 Å². The molecule has 0 spiro atoms. The maximum absolute atomic E-state index is 4.37. The van der Waals surface area contributed by atoms with Crippen LogP contribution in [0.25, 0.3) is 0 Å². The summed E-state index contributed by atoms with van der Waals surface area (Å²) in [5.74, 6) is 0. The molecule has 2 nitrogen and oxygen atoms in total. The zero-order valence-corrected chi connectivity index (χ0v) is 6.39. The molecule has 0 aliphatic carbocycles. The fourth-order valence-corrected chi connectivity index (χ4v) is 1.02. The minimum absolute atomic E-state index is 0.0972. The summed E-state index contributed by atoms with van der Waals surface area (Å²) in [5, 5.41) is 0. The third-order valence-corrected chi connectivity index (χ3v) is 2.22. The molecule has 0 saturated carbocycles. The third kappa shape index (κ3) is 0.990. The lowest BCUT2D eigenvalue weighted by Crippen LogP contribution is -2.37. The molecule has 1 heterocycles. The number of hydrogen-bond acceptors (Lipinski definition) is 2. The summed E-state index contributed by atoms with van der Waals surface area (Å²) in [6.45, 7) is 5.33. The number of nitrogens with zero attached hydrogens (tertiary/aromatic N) is 2. The highest BCUT2D eigenvalue weighted by Gasteiger charge is 2.28. The van der Waals surface area contributed by atoms with Crippen LogP contribution >= 0.6 is 0 Å². The van der Waals surface area contributed by atoms with Crippen molar-refractivity contribution in [1.82, 2.24) is 4.90 Å². The van der Waals surface area contributed by atoms with E-state index in [2.05, 4.69) is 30.8 Å². The molecule has 0 aromatic carbocycles. The van der Waals surface area contributed by atoms with Crippen molar-refractivity contribution in [2.24, 2.45) is 4.99 Å². The Morgan fingerprint density at radius 2 is 2.44 bits per heavy atom. The Morgan fingerprint density at radius 3 is 2.67 bits per heavy atom. The molecule has 0 radical (unpaired) electrons. The zero-order valence-electron chi connectivity index (χ0n) is 6.39. The van der Waals surface area contributed by atoms with Crippen LogP contribution in [0.4, 0.5) is 0 Å². The first-order valence-electron chi connectivity index (χ1n) is 3.44. The summed E-state index contributed by atoms with van der Waals surface area (Å²) < 4.78 is 0. The van der Waals surface area contributed by atoms with Crippen molar-refractivity contribution in [3.63, 3.8) is 0 Å². The summed E-state index contributed by atoms with van der Waals surface area (Å²) in [5.41, 5.74) is 0.0972. The van der Waals surface area contributed by atoms with Crippen molar-refractivity contribution in [3.8, 4) is 0 Å². The van der Waals surface area contributed by atoms with Gasteiger partial charge in [-0.3, -0.25) is 9.89 Å². The first-order valence-corrected chi connectivity index (χ1v) is 3.44. The molecule has 0 amide bonds. The maximum Gasteiger partial charge on any atom is 0.109 e. The highest BCUT2D eigenvalue weighted by Crippen LogP contribution is 2.21. The molecule has 1 aliphatic rings. The fourth-order valence-electron chi connectivity index (χ4n) is 1.02. The van der Waals surface area contributed by atoms with E-state index in [0.717, 1.165) is 13.0 Å². The van der Waals surface area contributed by atoms with Crippen molar-refractivity contribution < 1.29 is 0 Å². The van der Waals surface area contributed by atoms with E-state index in [0.29, 0.717) is 0 Å². The standard InChI is InChI=1S/C7H14N2/c1-4-7(2)8-5-6-9(7)3/h5H,4,6H2,1-3H3. The molecule has 0 aromatic rings. The van der Waals surface area contributed by atoms with E-state index in [-0.39, 0.29) is 5.66 Å². The maximum atomic E-state index is 4.37. The largest absolute Gasteiger partial charge is 0.278 e. The van der Waals surface area contributed by atoms with Crippen LogP contribution in [0.15, 0.2) is 4.99 Å². The van der Waals surface area contributed by atoms with E-state index in [1.807, 2.05) is 6.21 Å². The van der Waals surface area contributed by atoms with Crippen LogP contribution in [0.1, 0.15) is 20.3 Å². The SMILES string of the molecule is CCC1(C)N=CCN1C. The van der Waals surface area contributed by atoms with E-state index in [9.17, 15) is 0 Å². The molecule has 0 saturated heterocycles. The van der Waals surface area contributed by atoms with Crippen LogP contribution in [0, 0.1) is 0 Å². The molecule has 1 rings (SSSR count). The van der Waals surface area contributed by atoms with Gasteiger partial charge in [-0.25, -0.2) is 0 Å². The van der Waals surface area contributed by atoms with Crippen molar-refractivity contribution >= 4 is 6.21 Å². The van der Waals surface area contributed by atoms with Gasteiger partial charge in [-0.1, -0.05) is 6.92 Å². The van der Waals surface area contributed by atoms with Gasteiger partial charge in [0.1, 0.15) is 5.66 Å². The molecule has 2 heteroatoms. The lowest BCUT2D eigenvalue weighted by molar-refractivity contribution is 0.184. The lowest BCUT2D eigenvalue weighted by Gasteiger charge is -2.28. The normalized spacial score (nSPS) is 35.9. The molecule has 0 fully saturated rings. The first-order chi connectivity index (χ1) is 4.19. The topological polar surface area (TPSA) is 15.6 Å². The van der Waals surface area contributed by atoms with Crippen LogP contribution in [-0.2, 0) is 0 Å². The van der Waals surface area contributed by atoms with E-state index in [1.165, 1.54) is 0 Å². The molecular formula is C7H14N2. The van der Waals surface area contributed by atoms with Crippen molar-refractivity contribution in [2.75, 3.05) is 13.6 Å². The Bertz CT molecular complexity index is 131. The molecule has 0 bridgehead atoms. The lowest BCUT2D eigenvalue weighted by atomic mass is 10.1. The summed E-state index contributed by atoms with van der Waals surface area (Å²) >= 11 is 0. The van der Waals surface area contributed by atoms with E-state index >= 15 is 0 Å². The fraction of sp³-hybridized carbons (Fsp3) is 0.857. The molecule has 1 atom stereocenters. The highest BCUT2D eigenvalue weighted by atomic mass is 15.3. The van der Waals surface area contributed by atoms with Gasteiger partial charge in [0.25, 0.3) is 0 Å². The number of aliphatic imine (C=N–C) groups is 1. The third-order valence-electron chi connectivity index (χ3n) is 2.22. The molecule has 0 N–H and O–H groups in total. The second kappa shape index (κ2) is 2.10. The quantitative estimate of drug-likeness (QED) is 0.514. The van der Waals surface area contributed by atoms with Gasteiger partial charge in [0.2, 0.25) is 0 Å². The molecule has 1 unspecified atom stereocenters. The molecule has 1 aliphatic heterocycles. The highest BCUT2D eigenvalue weighted by molar-refractivity contribution is 5.62. The molecule has 52 valence electrons. The van der Waals surface area contributed by atoms with Crippen LogP contribution < -0.4 is 0 Å². The van der Waals surface area contributed by atoms with Crippen molar-refractivity contribution in [3.05, 3.63) is 0 Å². The second-order valence-corrected chi connectivity index (χ2v) is 2.76. The summed E-state index contributed by atoms with van der Waals surface area (Å²) in [7, 11) is 2.11. The number of rotatable bonds is 1. The van der Waals surface area contributed by atoms with Gasteiger partial charge in [0, 0.05) is 12.8 Å². The average molecular weight is 126 g/mol. The summed E-state index contributed by atoms with van der Waals surface area (Å²) in [4.78, 5) is 6.62. The summed E-state index contributed by atoms with van der Waals surface area (Å²) in [6.07, 6.45) is 3.09. The second-order valence-electron chi connectivity index (χ2n) is 2.76. The average Bonchev–Trinajstić information content (AvgIpc) is 2.15. The van der Waals surface area contributed by atoms with E-state index < -0.39 is 0 Å². The predicted octanol–water partition coefficient (Wildman–Crippen LogP) is 1.13.